The summed E-state index contributed by atoms with van der Waals surface area (Å²) in [4.78, 5) is 0. The summed E-state index contributed by atoms with van der Waals surface area (Å²) in [5.74, 6) is 4.13. The Bertz CT molecular complexity index is 394. The van der Waals surface area contributed by atoms with Crippen LogP contribution in [0.4, 0.5) is 0 Å². The Kier molecular flexibility index (Phi) is 2.94. The number of rotatable bonds is 1. The molecule has 15 heavy (non-hydrogen) atoms. The van der Waals surface area contributed by atoms with Crippen LogP contribution in [0.15, 0.2) is 0 Å². The van der Waals surface area contributed by atoms with Crippen LogP contribution in [0.25, 0.3) is 0 Å². The van der Waals surface area contributed by atoms with E-state index in [0.29, 0.717) is 5.92 Å². The van der Waals surface area contributed by atoms with Gasteiger partial charge >= 0.3 is 0 Å². The highest BCUT2D eigenvalue weighted by Crippen LogP contribution is 2.33. The molecule has 84 valence electrons. The third-order valence-corrected chi connectivity index (χ3v) is 4.10. The molecule has 0 aliphatic carbocycles. The van der Waals surface area contributed by atoms with E-state index in [1.165, 1.54) is 17.9 Å². The average Bonchev–Trinajstić information content (AvgIpc) is 2.68. The van der Waals surface area contributed by atoms with Gasteiger partial charge < -0.3 is 0 Å². The topological polar surface area (TPSA) is 33.6 Å². The smallest absolute Gasteiger partial charge is 0.195 e. The molecule has 1 N–H and O–H groups in total. The van der Waals surface area contributed by atoms with Crippen molar-refractivity contribution >= 4 is 24.0 Å². The standard InChI is InChI=1S/C10H17N3S2/c1-10(2,3)13-8(11-12-9(13)14)7-4-5-15-6-7/h7H,4-6H2,1-3H3,(H,12,14). The summed E-state index contributed by atoms with van der Waals surface area (Å²) >= 11 is 7.30. The van der Waals surface area contributed by atoms with Crippen LogP contribution in [0, 0.1) is 4.77 Å². The summed E-state index contributed by atoms with van der Waals surface area (Å²) in [5.41, 5.74) is 0.0205. The maximum atomic E-state index is 5.29. The highest BCUT2D eigenvalue weighted by molar-refractivity contribution is 7.99. The fraction of sp³-hybridized carbons (Fsp3) is 0.800. The zero-order valence-corrected chi connectivity index (χ0v) is 11.0. The molecule has 1 aliphatic rings. The molecule has 1 aliphatic heterocycles. The molecule has 2 heterocycles. The fourth-order valence-electron chi connectivity index (χ4n) is 1.97. The van der Waals surface area contributed by atoms with Gasteiger partial charge in [0.1, 0.15) is 5.82 Å². The molecule has 0 bridgehead atoms. The average molecular weight is 243 g/mol. The van der Waals surface area contributed by atoms with Crippen LogP contribution in [0.3, 0.4) is 0 Å². The first-order chi connectivity index (χ1) is 7.00. The van der Waals surface area contributed by atoms with Crippen molar-refractivity contribution in [2.75, 3.05) is 11.5 Å². The van der Waals surface area contributed by atoms with Gasteiger partial charge in [-0.25, -0.2) is 0 Å². The van der Waals surface area contributed by atoms with Crippen molar-refractivity contribution in [3.05, 3.63) is 10.6 Å². The van der Waals surface area contributed by atoms with Crippen LogP contribution >= 0.6 is 24.0 Å². The minimum absolute atomic E-state index is 0.0205. The Morgan fingerprint density at radius 1 is 1.53 bits per heavy atom. The number of nitrogens with zero attached hydrogens (tertiary/aromatic N) is 2. The van der Waals surface area contributed by atoms with Crippen molar-refractivity contribution in [3.8, 4) is 0 Å². The van der Waals surface area contributed by atoms with Crippen LogP contribution in [-0.4, -0.2) is 26.3 Å². The SMILES string of the molecule is CC(C)(C)n1c(C2CCSC2)n[nH]c1=S. The molecule has 0 radical (unpaired) electrons. The summed E-state index contributed by atoms with van der Waals surface area (Å²) in [7, 11) is 0. The highest BCUT2D eigenvalue weighted by atomic mass is 32.2. The van der Waals surface area contributed by atoms with Crippen molar-refractivity contribution in [1.29, 1.82) is 0 Å². The van der Waals surface area contributed by atoms with Crippen molar-refractivity contribution in [1.82, 2.24) is 14.8 Å². The van der Waals surface area contributed by atoms with E-state index in [-0.39, 0.29) is 5.54 Å². The Balaban J connectivity index is 2.43. The minimum atomic E-state index is 0.0205. The molecule has 1 saturated heterocycles. The second kappa shape index (κ2) is 3.94. The number of H-pyrrole nitrogens is 1. The van der Waals surface area contributed by atoms with E-state index in [1.807, 2.05) is 11.8 Å². The summed E-state index contributed by atoms with van der Waals surface area (Å²) in [6.07, 6.45) is 1.22. The van der Waals surface area contributed by atoms with E-state index < -0.39 is 0 Å². The highest BCUT2D eigenvalue weighted by Gasteiger charge is 2.27. The molecule has 1 aromatic heterocycles. The van der Waals surface area contributed by atoms with Gasteiger partial charge in [0.05, 0.1) is 0 Å². The number of nitrogens with one attached hydrogen (secondary N) is 1. The van der Waals surface area contributed by atoms with E-state index in [9.17, 15) is 0 Å². The number of aromatic amines is 1. The zero-order chi connectivity index (χ0) is 11.1. The van der Waals surface area contributed by atoms with Crippen molar-refractivity contribution in [2.24, 2.45) is 0 Å². The molecule has 0 saturated carbocycles. The van der Waals surface area contributed by atoms with Crippen LogP contribution in [0.5, 0.6) is 0 Å². The maximum absolute atomic E-state index is 5.29. The molecule has 2 rings (SSSR count). The van der Waals surface area contributed by atoms with E-state index >= 15 is 0 Å². The van der Waals surface area contributed by atoms with Gasteiger partial charge in [-0.1, -0.05) is 0 Å². The van der Waals surface area contributed by atoms with Gasteiger partial charge in [0.2, 0.25) is 0 Å². The van der Waals surface area contributed by atoms with E-state index in [1.54, 1.807) is 0 Å². The maximum Gasteiger partial charge on any atom is 0.195 e. The van der Waals surface area contributed by atoms with Crippen molar-refractivity contribution in [2.45, 2.75) is 38.6 Å². The van der Waals surface area contributed by atoms with Gasteiger partial charge in [0.15, 0.2) is 4.77 Å². The van der Waals surface area contributed by atoms with E-state index in [0.717, 1.165) is 10.6 Å². The summed E-state index contributed by atoms with van der Waals surface area (Å²) in [6, 6.07) is 0. The second-order valence-electron chi connectivity index (χ2n) is 4.95. The second-order valence-corrected chi connectivity index (χ2v) is 6.49. The van der Waals surface area contributed by atoms with Gasteiger partial charge in [-0.2, -0.15) is 16.9 Å². The first-order valence-electron chi connectivity index (χ1n) is 5.25. The van der Waals surface area contributed by atoms with Crippen LogP contribution in [0.2, 0.25) is 0 Å². The molecule has 0 spiro atoms. The van der Waals surface area contributed by atoms with Crippen LogP contribution in [-0.2, 0) is 5.54 Å². The quantitative estimate of drug-likeness (QED) is 0.770. The molecule has 1 atom stereocenters. The first kappa shape index (κ1) is 11.2. The normalized spacial score (nSPS) is 22.2. The summed E-state index contributed by atoms with van der Waals surface area (Å²) < 4.78 is 2.91. The van der Waals surface area contributed by atoms with Gasteiger partial charge in [-0.05, 0) is 45.2 Å². The summed E-state index contributed by atoms with van der Waals surface area (Å²) in [6.45, 7) is 6.51. The number of aromatic nitrogens is 3. The molecule has 3 nitrogen and oxygen atoms in total. The lowest BCUT2D eigenvalue weighted by Crippen LogP contribution is -2.25. The lowest BCUT2D eigenvalue weighted by molar-refractivity contribution is 0.370. The Labute approximate surface area is 99.7 Å². The minimum Gasteiger partial charge on any atom is -0.299 e. The van der Waals surface area contributed by atoms with Crippen molar-refractivity contribution < 1.29 is 0 Å². The fourth-order valence-corrected chi connectivity index (χ4v) is 3.60. The number of thioether (sulfide) groups is 1. The number of hydrogen-bond acceptors (Lipinski definition) is 3. The van der Waals surface area contributed by atoms with Gasteiger partial charge in [-0.15, -0.1) is 0 Å². The van der Waals surface area contributed by atoms with Crippen molar-refractivity contribution in [3.63, 3.8) is 0 Å². The summed E-state index contributed by atoms with van der Waals surface area (Å²) in [5, 5.41) is 7.32. The Hall–Kier alpha value is -0.290. The molecule has 1 unspecified atom stereocenters. The van der Waals surface area contributed by atoms with Gasteiger partial charge in [-0.3, -0.25) is 9.67 Å². The Morgan fingerprint density at radius 2 is 2.27 bits per heavy atom. The predicted octanol–water partition coefficient (Wildman–Crippen LogP) is 2.92. The molecule has 5 heteroatoms. The molecule has 1 aromatic rings. The largest absolute Gasteiger partial charge is 0.299 e. The molecular formula is C10H17N3S2. The third-order valence-electron chi connectivity index (χ3n) is 2.66. The number of hydrogen-bond donors (Lipinski definition) is 1. The molecular weight excluding hydrogens is 226 g/mol. The molecule has 1 fully saturated rings. The molecule has 0 aromatic carbocycles. The first-order valence-corrected chi connectivity index (χ1v) is 6.82. The molecule has 0 amide bonds. The zero-order valence-electron chi connectivity index (χ0n) is 9.41. The monoisotopic (exact) mass is 243 g/mol. The predicted molar refractivity (Wildman–Crippen MR) is 67.1 cm³/mol. The van der Waals surface area contributed by atoms with E-state index in [2.05, 4.69) is 35.5 Å². The lowest BCUT2D eigenvalue weighted by atomic mass is 10.0. The van der Waals surface area contributed by atoms with Crippen LogP contribution in [0.1, 0.15) is 38.9 Å². The lowest BCUT2D eigenvalue weighted by Gasteiger charge is -2.24. The van der Waals surface area contributed by atoms with Crippen LogP contribution < -0.4 is 0 Å². The van der Waals surface area contributed by atoms with Gasteiger partial charge in [0, 0.05) is 17.2 Å². The van der Waals surface area contributed by atoms with E-state index in [4.69, 9.17) is 12.2 Å². The third kappa shape index (κ3) is 2.13. The van der Waals surface area contributed by atoms with Gasteiger partial charge in [0.25, 0.3) is 0 Å². The Morgan fingerprint density at radius 3 is 2.80 bits per heavy atom.